The molecule has 2 aromatic rings. The van der Waals surface area contributed by atoms with Crippen LogP contribution in [0.3, 0.4) is 0 Å². The maximum Gasteiger partial charge on any atom is 0.274 e. The SMILES string of the molecule is CNN(Cc1ccccc1[N+](=O)[O-])c1ccccc1.Cl. The van der Waals surface area contributed by atoms with Gasteiger partial charge in [-0.3, -0.25) is 10.1 Å². The fraction of sp³-hybridized carbons (Fsp3) is 0.143. The van der Waals surface area contributed by atoms with E-state index in [-0.39, 0.29) is 23.0 Å². The Bertz CT molecular complexity index is 563. The lowest BCUT2D eigenvalue weighted by Gasteiger charge is -2.23. The summed E-state index contributed by atoms with van der Waals surface area (Å²) in [6, 6.07) is 16.5. The van der Waals surface area contributed by atoms with Crippen molar-refractivity contribution in [2.24, 2.45) is 0 Å². The number of nitro groups is 1. The van der Waals surface area contributed by atoms with Crippen LogP contribution in [0.5, 0.6) is 0 Å². The zero-order valence-corrected chi connectivity index (χ0v) is 11.8. The smallest absolute Gasteiger partial charge is 0.274 e. The second-order valence-corrected chi connectivity index (χ2v) is 4.03. The molecule has 1 N–H and O–H groups in total. The molecule has 0 heterocycles. The van der Waals surface area contributed by atoms with Gasteiger partial charge in [0.05, 0.1) is 22.7 Å². The summed E-state index contributed by atoms with van der Waals surface area (Å²) in [6.07, 6.45) is 0. The summed E-state index contributed by atoms with van der Waals surface area (Å²) in [5, 5.41) is 12.9. The Balaban J connectivity index is 0.00000200. The number of hydrazine groups is 1. The van der Waals surface area contributed by atoms with Crippen LogP contribution in [0.1, 0.15) is 5.56 Å². The van der Waals surface area contributed by atoms with Crippen molar-refractivity contribution < 1.29 is 4.92 Å². The Hall–Kier alpha value is -2.11. The van der Waals surface area contributed by atoms with E-state index >= 15 is 0 Å². The van der Waals surface area contributed by atoms with Gasteiger partial charge in [-0.25, -0.2) is 5.43 Å². The van der Waals surface area contributed by atoms with E-state index in [1.165, 1.54) is 6.07 Å². The Morgan fingerprint density at radius 3 is 2.30 bits per heavy atom. The maximum atomic E-state index is 11.0. The average Bonchev–Trinajstić information content (AvgIpc) is 2.46. The molecule has 0 aromatic heterocycles. The van der Waals surface area contributed by atoms with Crippen LogP contribution in [-0.4, -0.2) is 12.0 Å². The van der Waals surface area contributed by atoms with Crippen LogP contribution < -0.4 is 10.4 Å². The van der Waals surface area contributed by atoms with Crippen molar-refractivity contribution in [1.82, 2.24) is 5.43 Å². The summed E-state index contributed by atoms with van der Waals surface area (Å²) < 4.78 is 0. The van der Waals surface area contributed by atoms with E-state index in [2.05, 4.69) is 5.43 Å². The quantitative estimate of drug-likeness (QED) is 0.679. The van der Waals surface area contributed by atoms with E-state index in [9.17, 15) is 10.1 Å². The van der Waals surface area contributed by atoms with Crippen LogP contribution in [0.2, 0.25) is 0 Å². The first-order valence-corrected chi connectivity index (χ1v) is 5.94. The van der Waals surface area contributed by atoms with Gasteiger partial charge in [0, 0.05) is 13.1 Å². The molecule has 2 aromatic carbocycles. The van der Waals surface area contributed by atoms with Crippen molar-refractivity contribution in [3.05, 3.63) is 70.3 Å². The topological polar surface area (TPSA) is 58.4 Å². The van der Waals surface area contributed by atoms with Gasteiger partial charge >= 0.3 is 0 Å². The van der Waals surface area contributed by atoms with Gasteiger partial charge in [0.2, 0.25) is 0 Å². The summed E-state index contributed by atoms with van der Waals surface area (Å²) in [7, 11) is 1.79. The molecular weight excluding hydrogens is 278 g/mol. The number of para-hydroxylation sites is 2. The van der Waals surface area contributed by atoms with E-state index in [0.717, 1.165) is 5.69 Å². The zero-order valence-electron chi connectivity index (χ0n) is 11.0. The number of nitro benzene ring substituents is 1. The lowest BCUT2D eigenvalue weighted by molar-refractivity contribution is -0.385. The Morgan fingerprint density at radius 1 is 1.10 bits per heavy atom. The van der Waals surface area contributed by atoms with Crippen molar-refractivity contribution in [2.45, 2.75) is 6.54 Å². The fourth-order valence-corrected chi connectivity index (χ4v) is 1.90. The summed E-state index contributed by atoms with van der Waals surface area (Å²) in [5.41, 5.74) is 4.81. The molecule has 2 rings (SSSR count). The van der Waals surface area contributed by atoms with Crippen LogP contribution >= 0.6 is 12.4 Å². The molecule has 0 aliphatic rings. The second-order valence-electron chi connectivity index (χ2n) is 4.03. The normalized spacial score (nSPS) is 9.65. The first kappa shape index (κ1) is 15.9. The Kier molecular flexibility index (Phi) is 5.96. The Morgan fingerprint density at radius 2 is 1.70 bits per heavy atom. The highest BCUT2D eigenvalue weighted by atomic mass is 35.5. The number of halogens is 1. The monoisotopic (exact) mass is 293 g/mol. The van der Waals surface area contributed by atoms with Gasteiger partial charge in [-0.05, 0) is 12.1 Å². The van der Waals surface area contributed by atoms with Crippen LogP contribution in [0.25, 0.3) is 0 Å². The molecular formula is C14H16ClN3O2. The Labute approximate surface area is 123 Å². The first-order chi connectivity index (χ1) is 9.22. The van der Waals surface area contributed by atoms with Crippen molar-refractivity contribution >= 4 is 23.8 Å². The summed E-state index contributed by atoms with van der Waals surface area (Å²) in [5.74, 6) is 0. The number of hydrogen-bond donors (Lipinski definition) is 1. The van der Waals surface area contributed by atoms with E-state index in [0.29, 0.717) is 12.1 Å². The van der Waals surface area contributed by atoms with Gasteiger partial charge in [-0.2, -0.15) is 0 Å². The molecule has 106 valence electrons. The van der Waals surface area contributed by atoms with Crippen LogP contribution in [-0.2, 0) is 6.54 Å². The van der Waals surface area contributed by atoms with E-state index in [4.69, 9.17) is 0 Å². The van der Waals surface area contributed by atoms with Crippen LogP contribution in [0, 0.1) is 10.1 Å². The molecule has 0 amide bonds. The van der Waals surface area contributed by atoms with E-state index in [1.807, 2.05) is 35.3 Å². The number of hydrogen-bond acceptors (Lipinski definition) is 4. The molecule has 0 radical (unpaired) electrons. The molecule has 0 unspecified atom stereocenters. The number of nitrogens with zero attached hydrogens (tertiary/aromatic N) is 2. The molecule has 0 saturated heterocycles. The zero-order chi connectivity index (χ0) is 13.7. The van der Waals surface area contributed by atoms with Gasteiger partial charge in [0.1, 0.15) is 0 Å². The molecule has 0 saturated carbocycles. The number of anilines is 1. The molecule has 0 aliphatic heterocycles. The van der Waals surface area contributed by atoms with Crippen molar-refractivity contribution in [1.29, 1.82) is 0 Å². The van der Waals surface area contributed by atoms with Crippen molar-refractivity contribution in [2.75, 3.05) is 12.1 Å². The minimum Gasteiger partial charge on any atom is -0.304 e. The molecule has 0 aliphatic carbocycles. The predicted octanol–water partition coefficient (Wildman–Crippen LogP) is 3.16. The molecule has 20 heavy (non-hydrogen) atoms. The molecule has 0 bridgehead atoms. The highest BCUT2D eigenvalue weighted by molar-refractivity contribution is 5.85. The largest absolute Gasteiger partial charge is 0.304 e. The minimum absolute atomic E-state index is 0. The summed E-state index contributed by atoms with van der Waals surface area (Å²) >= 11 is 0. The van der Waals surface area contributed by atoms with Crippen molar-refractivity contribution in [3.63, 3.8) is 0 Å². The van der Waals surface area contributed by atoms with Crippen LogP contribution in [0.4, 0.5) is 11.4 Å². The molecule has 0 atom stereocenters. The highest BCUT2D eigenvalue weighted by Crippen LogP contribution is 2.21. The summed E-state index contributed by atoms with van der Waals surface area (Å²) in [4.78, 5) is 10.6. The van der Waals surface area contributed by atoms with Crippen LogP contribution in [0.15, 0.2) is 54.6 Å². The third kappa shape index (κ3) is 3.69. The number of nitrogens with one attached hydrogen (secondary N) is 1. The number of benzene rings is 2. The van der Waals surface area contributed by atoms with Crippen molar-refractivity contribution in [3.8, 4) is 0 Å². The van der Waals surface area contributed by atoms with E-state index in [1.54, 1.807) is 25.2 Å². The highest BCUT2D eigenvalue weighted by Gasteiger charge is 2.15. The van der Waals surface area contributed by atoms with Gasteiger partial charge in [0.25, 0.3) is 5.69 Å². The second kappa shape index (κ2) is 7.47. The molecule has 0 fully saturated rings. The third-order valence-corrected chi connectivity index (χ3v) is 2.85. The molecule has 6 heteroatoms. The third-order valence-electron chi connectivity index (χ3n) is 2.85. The van der Waals surface area contributed by atoms with Gasteiger partial charge in [-0.1, -0.05) is 36.4 Å². The van der Waals surface area contributed by atoms with Gasteiger partial charge in [0.15, 0.2) is 0 Å². The molecule has 5 nitrogen and oxygen atoms in total. The van der Waals surface area contributed by atoms with E-state index < -0.39 is 0 Å². The molecule has 0 spiro atoms. The fourth-order valence-electron chi connectivity index (χ4n) is 1.90. The van der Waals surface area contributed by atoms with Gasteiger partial charge in [-0.15, -0.1) is 12.4 Å². The average molecular weight is 294 g/mol. The predicted molar refractivity (Wildman–Crippen MR) is 82.0 cm³/mol. The van der Waals surface area contributed by atoms with Gasteiger partial charge < -0.3 is 5.01 Å². The number of rotatable bonds is 5. The standard InChI is InChI=1S/C14H15N3O2.ClH/c1-15-16(13-8-3-2-4-9-13)11-12-7-5-6-10-14(12)17(18)19;/h2-10,15H,11H2,1H3;1H. The first-order valence-electron chi connectivity index (χ1n) is 5.94. The lowest BCUT2D eigenvalue weighted by atomic mass is 10.1. The lowest BCUT2D eigenvalue weighted by Crippen LogP contribution is -2.34. The minimum atomic E-state index is -0.353. The summed E-state index contributed by atoms with van der Waals surface area (Å²) in [6.45, 7) is 0.428. The maximum absolute atomic E-state index is 11.0.